The van der Waals surface area contributed by atoms with Crippen LogP contribution in [0.5, 0.6) is 5.75 Å². The molecule has 0 radical (unpaired) electrons. The smallest absolute Gasteiger partial charge is 0.261 e. The zero-order valence-electron chi connectivity index (χ0n) is 11.0. The van der Waals surface area contributed by atoms with Crippen LogP contribution in [0.3, 0.4) is 0 Å². The van der Waals surface area contributed by atoms with Crippen LogP contribution in [0.15, 0.2) is 23.1 Å². The third kappa shape index (κ3) is 4.64. The Bertz CT molecular complexity index is 591. The lowest BCUT2D eigenvalue weighted by molar-refractivity contribution is -0.127. The molecule has 1 amide bonds. The van der Waals surface area contributed by atoms with E-state index in [1.165, 1.54) is 6.92 Å². The van der Waals surface area contributed by atoms with E-state index in [9.17, 15) is 17.6 Å². The minimum Gasteiger partial charge on any atom is -0.478 e. The quantitative estimate of drug-likeness (QED) is 0.813. The molecule has 0 spiro atoms. The summed E-state index contributed by atoms with van der Waals surface area (Å²) >= 11 is 0. The van der Waals surface area contributed by atoms with Gasteiger partial charge in [-0.15, -0.1) is 0 Å². The summed E-state index contributed by atoms with van der Waals surface area (Å²) in [7, 11) is 1.10. The lowest BCUT2D eigenvalue weighted by Gasteiger charge is -2.15. The predicted molar refractivity (Wildman–Crippen MR) is 72.8 cm³/mol. The molecule has 0 aliphatic heterocycles. The van der Waals surface area contributed by atoms with Crippen molar-refractivity contribution in [2.24, 2.45) is 0 Å². The Morgan fingerprint density at radius 1 is 1.50 bits per heavy atom. The number of hydrogen-bond donors (Lipinski definition) is 1. The van der Waals surface area contributed by atoms with Crippen molar-refractivity contribution in [1.82, 2.24) is 5.32 Å². The molecule has 1 aromatic carbocycles. The summed E-state index contributed by atoms with van der Waals surface area (Å²) in [5.41, 5.74) is 0. The minimum absolute atomic E-state index is 0.215. The van der Waals surface area contributed by atoms with Crippen LogP contribution in [-0.2, 0) is 13.8 Å². The average Bonchev–Trinajstić information content (AvgIpc) is 2.36. The van der Waals surface area contributed by atoms with E-state index in [0.29, 0.717) is 6.54 Å². The standard InChI is InChI=1S/C12H15ClFNO4S/c1-3-6-15-12(16)8(2)19-11-5-4-9(7-10(11)14)20(13,17)18/h4-5,7-8H,3,6H2,1-2H3,(H,15,16). The molecule has 8 heteroatoms. The van der Waals surface area contributed by atoms with Crippen molar-refractivity contribution in [2.75, 3.05) is 6.54 Å². The monoisotopic (exact) mass is 323 g/mol. The van der Waals surface area contributed by atoms with Gasteiger partial charge >= 0.3 is 0 Å². The van der Waals surface area contributed by atoms with Crippen LogP contribution in [0.1, 0.15) is 20.3 Å². The molecule has 5 nitrogen and oxygen atoms in total. The van der Waals surface area contributed by atoms with Gasteiger partial charge in [-0.1, -0.05) is 6.92 Å². The summed E-state index contributed by atoms with van der Waals surface area (Å²) in [5.74, 6) is -1.49. The third-order valence-electron chi connectivity index (χ3n) is 2.41. The summed E-state index contributed by atoms with van der Waals surface area (Å²) in [6, 6.07) is 2.97. The van der Waals surface area contributed by atoms with E-state index in [4.69, 9.17) is 15.4 Å². The number of amides is 1. The van der Waals surface area contributed by atoms with Crippen molar-refractivity contribution in [3.8, 4) is 5.75 Å². The van der Waals surface area contributed by atoms with Crippen molar-refractivity contribution in [2.45, 2.75) is 31.3 Å². The highest BCUT2D eigenvalue weighted by atomic mass is 35.7. The maximum absolute atomic E-state index is 13.7. The SMILES string of the molecule is CCCNC(=O)C(C)Oc1ccc(S(=O)(=O)Cl)cc1F. The van der Waals surface area contributed by atoms with E-state index < -0.39 is 21.0 Å². The van der Waals surface area contributed by atoms with Crippen molar-refractivity contribution in [1.29, 1.82) is 0 Å². The van der Waals surface area contributed by atoms with Crippen LogP contribution in [0.4, 0.5) is 4.39 Å². The fourth-order valence-electron chi connectivity index (χ4n) is 1.36. The molecule has 0 heterocycles. The molecule has 1 N–H and O–H groups in total. The van der Waals surface area contributed by atoms with E-state index in [1.807, 2.05) is 6.92 Å². The number of halogens is 2. The molecule has 0 aliphatic carbocycles. The van der Waals surface area contributed by atoms with Crippen molar-refractivity contribution in [3.05, 3.63) is 24.0 Å². The first-order chi connectivity index (χ1) is 9.25. The number of rotatable bonds is 6. The van der Waals surface area contributed by atoms with Gasteiger partial charge in [-0.3, -0.25) is 4.79 Å². The van der Waals surface area contributed by atoms with Crippen molar-refractivity contribution < 1.29 is 22.3 Å². The van der Waals surface area contributed by atoms with Gasteiger partial charge in [0.15, 0.2) is 17.7 Å². The fraction of sp³-hybridized carbons (Fsp3) is 0.417. The Morgan fingerprint density at radius 3 is 2.65 bits per heavy atom. The Labute approximate surface area is 121 Å². The summed E-state index contributed by atoms with van der Waals surface area (Å²) < 4.78 is 40.9. The number of nitrogens with one attached hydrogen (secondary N) is 1. The fourth-order valence-corrected chi connectivity index (χ4v) is 2.13. The van der Waals surface area contributed by atoms with Crippen LogP contribution in [0.2, 0.25) is 0 Å². The molecular weight excluding hydrogens is 309 g/mol. The van der Waals surface area contributed by atoms with Crippen molar-refractivity contribution in [3.63, 3.8) is 0 Å². The first-order valence-corrected chi connectivity index (χ1v) is 8.25. The minimum atomic E-state index is -4.00. The summed E-state index contributed by atoms with van der Waals surface area (Å²) in [5, 5.41) is 2.60. The largest absolute Gasteiger partial charge is 0.478 e. The number of carbonyl (C=O) groups excluding carboxylic acids is 1. The zero-order valence-corrected chi connectivity index (χ0v) is 12.6. The van der Waals surface area contributed by atoms with E-state index in [0.717, 1.165) is 24.6 Å². The maximum atomic E-state index is 13.7. The Balaban J connectivity index is 2.81. The van der Waals surface area contributed by atoms with E-state index in [1.54, 1.807) is 0 Å². The second kappa shape index (κ2) is 6.90. The number of benzene rings is 1. The molecule has 0 aromatic heterocycles. The van der Waals surface area contributed by atoms with Crippen LogP contribution >= 0.6 is 10.7 Å². The van der Waals surface area contributed by atoms with Gasteiger partial charge in [0.2, 0.25) is 0 Å². The lowest BCUT2D eigenvalue weighted by atomic mass is 10.3. The Morgan fingerprint density at radius 2 is 2.15 bits per heavy atom. The number of hydrogen-bond acceptors (Lipinski definition) is 4. The highest BCUT2D eigenvalue weighted by Crippen LogP contribution is 2.24. The summed E-state index contributed by atoms with van der Waals surface area (Å²) in [6.07, 6.45) is -0.121. The topological polar surface area (TPSA) is 72.5 Å². The molecule has 112 valence electrons. The molecule has 0 saturated heterocycles. The van der Waals surface area contributed by atoms with Gasteiger partial charge in [-0.2, -0.15) is 0 Å². The molecule has 0 saturated carbocycles. The van der Waals surface area contributed by atoms with Crippen LogP contribution < -0.4 is 10.1 Å². The van der Waals surface area contributed by atoms with Gasteiger partial charge in [0.1, 0.15) is 0 Å². The van der Waals surface area contributed by atoms with Gasteiger partial charge in [0.05, 0.1) is 4.90 Å². The average molecular weight is 324 g/mol. The third-order valence-corrected chi connectivity index (χ3v) is 3.76. The number of ether oxygens (including phenoxy) is 1. The van der Waals surface area contributed by atoms with Crippen LogP contribution in [0.25, 0.3) is 0 Å². The van der Waals surface area contributed by atoms with Crippen LogP contribution in [-0.4, -0.2) is 27.0 Å². The van der Waals surface area contributed by atoms with E-state index in [2.05, 4.69) is 5.32 Å². The highest BCUT2D eigenvalue weighted by Gasteiger charge is 2.18. The van der Waals surface area contributed by atoms with Gasteiger partial charge in [0, 0.05) is 17.2 Å². The van der Waals surface area contributed by atoms with Gasteiger partial charge in [-0.25, -0.2) is 12.8 Å². The maximum Gasteiger partial charge on any atom is 0.261 e. The van der Waals surface area contributed by atoms with Gasteiger partial charge in [-0.05, 0) is 31.5 Å². The number of carbonyl (C=O) groups is 1. The van der Waals surface area contributed by atoms with E-state index in [-0.39, 0.29) is 16.6 Å². The first-order valence-electron chi connectivity index (χ1n) is 5.94. The zero-order chi connectivity index (χ0) is 15.3. The van der Waals surface area contributed by atoms with Crippen LogP contribution in [0, 0.1) is 5.82 Å². The molecule has 1 unspecified atom stereocenters. The second-order valence-corrected chi connectivity index (χ2v) is 6.65. The molecule has 1 atom stereocenters. The lowest BCUT2D eigenvalue weighted by Crippen LogP contribution is -2.36. The highest BCUT2D eigenvalue weighted by molar-refractivity contribution is 8.13. The molecule has 0 aliphatic rings. The van der Waals surface area contributed by atoms with E-state index >= 15 is 0 Å². The summed E-state index contributed by atoms with van der Waals surface area (Å²) in [4.78, 5) is 11.2. The predicted octanol–water partition coefficient (Wildman–Crippen LogP) is 2.05. The molecule has 0 bridgehead atoms. The molecular formula is C12H15ClFNO4S. The second-order valence-electron chi connectivity index (χ2n) is 4.08. The summed E-state index contributed by atoms with van der Waals surface area (Å²) in [6.45, 7) is 3.87. The normalized spacial score (nSPS) is 12.8. The molecule has 1 rings (SSSR count). The Kier molecular flexibility index (Phi) is 5.76. The molecule has 20 heavy (non-hydrogen) atoms. The van der Waals surface area contributed by atoms with Gasteiger partial charge < -0.3 is 10.1 Å². The van der Waals surface area contributed by atoms with Crippen molar-refractivity contribution >= 4 is 25.6 Å². The molecule has 1 aromatic rings. The van der Waals surface area contributed by atoms with Gasteiger partial charge in [0.25, 0.3) is 15.0 Å². The first kappa shape index (κ1) is 16.7. The molecule has 0 fully saturated rings. The Hall–Kier alpha value is -1.34.